The van der Waals surface area contributed by atoms with Crippen LogP contribution >= 0.6 is 0 Å². The van der Waals surface area contributed by atoms with Crippen molar-refractivity contribution in [2.75, 3.05) is 6.54 Å². The number of nitrogens with zero attached hydrogens (tertiary/aromatic N) is 4. The van der Waals surface area contributed by atoms with Gasteiger partial charge in [-0.2, -0.15) is 4.80 Å². The van der Waals surface area contributed by atoms with Crippen LogP contribution in [-0.2, 0) is 6.42 Å². The third-order valence-electron chi connectivity index (χ3n) is 5.28. The van der Waals surface area contributed by atoms with Crippen LogP contribution in [0, 0.1) is 23.7 Å². The Hall–Kier alpha value is -0.970. The highest BCUT2D eigenvalue weighted by molar-refractivity contribution is 4.99. The Morgan fingerprint density at radius 1 is 1.06 bits per heavy atom. The fraction of sp³-hybridized carbons (Fsp3) is 0.923. The summed E-state index contributed by atoms with van der Waals surface area (Å²) in [5.74, 6) is 4.42. The molecule has 4 aliphatic carbocycles. The van der Waals surface area contributed by atoms with Crippen LogP contribution in [0.1, 0.15) is 44.0 Å². The molecule has 98 valence electrons. The first-order valence-electron chi connectivity index (χ1n) is 7.32. The van der Waals surface area contributed by atoms with Gasteiger partial charge in [-0.1, -0.05) is 0 Å². The van der Waals surface area contributed by atoms with Crippen molar-refractivity contribution in [1.29, 1.82) is 0 Å². The summed E-state index contributed by atoms with van der Waals surface area (Å²) in [7, 11) is 0. The summed E-state index contributed by atoms with van der Waals surface area (Å²) >= 11 is 0. The van der Waals surface area contributed by atoms with Gasteiger partial charge in [0.05, 0.1) is 6.04 Å². The first kappa shape index (κ1) is 10.9. The van der Waals surface area contributed by atoms with Crippen LogP contribution in [0.15, 0.2) is 0 Å². The van der Waals surface area contributed by atoms with Crippen molar-refractivity contribution in [1.82, 2.24) is 20.2 Å². The molecule has 5 nitrogen and oxygen atoms in total. The summed E-state index contributed by atoms with van der Waals surface area (Å²) in [5.41, 5.74) is 5.55. The van der Waals surface area contributed by atoms with Gasteiger partial charge in [0.25, 0.3) is 0 Å². The van der Waals surface area contributed by atoms with E-state index in [1.165, 1.54) is 32.1 Å². The number of aromatic nitrogens is 4. The zero-order chi connectivity index (χ0) is 12.1. The molecule has 4 saturated carbocycles. The van der Waals surface area contributed by atoms with Crippen LogP contribution in [0.4, 0.5) is 0 Å². The molecule has 0 aromatic carbocycles. The van der Waals surface area contributed by atoms with E-state index in [1.807, 2.05) is 4.80 Å². The maximum absolute atomic E-state index is 5.55. The number of nitrogens with two attached hydrogens (primary N) is 1. The van der Waals surface area contributed by atoms with Crippen LogP contribution in [-0.4, -0.2) is 26.8 Å². The molecule has 4 fully saturated rings. The molecule has 0 amide bonds. The molecule has 18 heavy (non-hydrogen) atoms. The van der Waals surface area contributed by atoms with Gasteiger partial charge in [0.1, 0.15) is 0 Å². The molecule has 1 aromatic heterocycles. The van der Waals surface area contributed by atoms with Gasteiger partial charge >= 0.3 is 0 Å². The predicted octanol–water partition coefficient (Wildman–Crippen LogP) is 1.17. The average molecular weight is 247 g/mol. The topological polar surface area (TPSA) is 69.6 Å². The lowest BCUT2D eigenvalue weighted by Crippen LogP contribution is -2.46. The Balaban J connectivity index is 1.60. The van der Waals surface area contributed by atoms with Gasteiger partial charge in [-0.25, -0.2) is 0 Å². The van der Waals surface area contributed by atoms with E-state index in [4.69, 9.17) is 5.73 Å². The van der Waals surface area contributed by atoms with E-state index in [0.717, 1.165) is 35.9 Å². The third kappa shape index (κ3) is 1.60. The summed E-state index contributed by atoms with van der Waals surface area (Å²) in [4.78, 5) is 1.93. The summed E-state index contributed by atoms with van der Waals surface area (Å²) in [6.45, 7) is 0.605. The molecular weight excluding hydrogens is 226 g/mol. The third-order valence-corrected chi connectivity index (χ3v) is 5.28. The van der Waals surface area contributed by atoms with Crippen molar-refractivity contribution in [2.24, 2.45) is 29.4 Å². The van der Waals surface area contributed by atoms with Crippen molar-refractivity contribution in [2.45, 2.75) is 44.6 Å². The predicted molar refractivity (Wildman–Crippen MR) is 66.7 cm³/mol. The van der Waals surface area contributed by atoms with Crippen molar-refractivity contribution >= 4 is 0 Å². The number of hydrogen-bond donors (Lipinski definition) is 1. The van der Waals surface area contributed by atoms with Crippen molar-refractivity contribution in [3.63, 3.8) is 0 Å². The quantitative estimate of drug-likeness (QED) is 0.870. The lowest BCUT2D eigenvalue weighted by molar-refractivity contribution is -0.0395. The van der Waals surface area contributed by atoms with Crippen molar-refractivity contribution < 1.29 is 0 Å². The van der Waals surface area contributed by atoms with Gasteiger partial charge in [-0.3, -0.25) is 0 Å². The van der Waals surface area contributed by atoms with Crippen molar-refractivity contribution in [3.8, 4) is 0 Å². The second kappa shape index (κ2) is 4.02. The maximum Gasteiger partial charge on any atom is 0.176 e. The average Bonchev–Trinajstić information content (AvgIpc) is 2.76. The molecule has 5 heteroatoms. The molecular formula is C13H21N5. The molecule has 2 N–H and O–H groups in total. The van der Waals surface area contributed by atoms with E-state index in [2.05, 4.69) is 15.4 Å². The zero-order valence-corrected chi connectivity index (χ0v) is 10.7. The molecule has 4 bridgehead atoms. The summed E-state index contributed by atoms with van der Waals surface area (Å²) in [6.07, 6.45) is 7.81. The smallest absolute Gasteiger partial charge is 0.176 e. The number of hydrogen-bond acceptors (Lipinski definition) is 4. The molecule has 0 radical (unpaired) electrons. The second-order valence-electron chi connectivity index (χ2n) is 6.49. The van der Waals surface area contributed by atoms with E-state index in [0.29, 0.717) is 12.6 Å². The van der Waals surface area contributed by atoms with E-state index in [1.54, 1.807) is 0 Å². The molecule has 4 aliphatic rings. The van der Waals surface area contributed by atoms with E-state index in [-0.39, 0.29) is 0 Å². The minimum absolute atomic E-state index is 0.525. The molecule has 5 rings (SSSR count). The van der Waals surface area contributed by atoms with Gasteiger partial charge in [-0.05, 0) is 67.5 Å². The van der Waals surface area contributed by atoms with Gasteiger partial charge in [0.15, 0.2) is 5.82 Å². The zero-order valence-electron chi connectivity index (χ0n) is 10.7. The molecule has 1 heterocycles. The van der Waals surface area contributed by atoms with E-state index >= 15 is 0 Å². The maximum atomic E-state index is 5.55. The highest BCUT2D eigenvalue weighted by atomic mass is 15.6. The van der Waals surface area contributed by atoms with Gasteiger partial charge in [0, 0.05) is 6.42 Å². The van der Waals surface area contributed by atoms with E-state index in [9.17, 15) is 0 Å². The Kier molecular flexibility index (Phi) is 2.43. The first-order valence-corrected chi connectivity index (χ1v) is 7.32. The van der Waals surface area contributed by atoms with Crippen LogP contribution in [0.2, 0.25) is 0 Å². The Morgan fingerprint density at radius 2 is 1.72 bits per heavy atom. The standard InChI is InChI=1S/C13H21N5/c14-2-1-12-15-17-18(16-12)13-10-4-8-3-9(6-10)7-11(13)5-8/h8-11,13H,1-7,14H2. The highest BCUT2D eigenvalue weighted by Crippen LogP contribution is 2.57. The molecule has 0 spiro atoms. The lowest BCUT2D eigenvalue weighted by Gasteiger charge is -2.53. The molecule has 1 aromatic rings. The SMILES string of the molecule is NCCc1nnn(C2C3CC4CC(C3)CC2C4)n1. The Morgan fingerprint density at radius 3 is 2.33 bits per heavy atom. The lowest BCUT2D eigenvalue weighted by atomic mass is 9.54. The summed E-state index contributed by atoms with van der Waals surface area (Å²) < 4.78 is 0. The number of tetrazole rings is 1. The monoisotopic (exact) mass is 247 g/mol. The van der Waals surface area contributed by atoms with Crippen molar-refractivity contribution in [3.05, 3.63) is 5.82 Å². The van der Waals surface area contributed by atoms with Gasteiger partial charge < -0.3 is 5.73 Å². The highest BCUT2D eigenvalue weighted by Gasteiger charge is 2.49. The Bertz CT molecular complexity index is 412. The number of rotatable bonds is 3. The minimum atomic E-state index is 0.525. The summed E-state index contributed by atoms with van der Waals surface area (Å²) in [6, 6.07) is 0.525. The summed E-state index contributed by atoms with van der Waals surface area (Å²) in [5, 5.41) is 13.0. The minimum Gasteiger partial charge on any atom is -0.330 e. The fourth-order valence-corrected chi connectivity index (χ4v) is 4.88. The largest absolute Gasteiger partial charge is 0.330 e. The molecule has 0 saturated heterocycles. The van der Waals surface area contributed by atoms with Gasteiger partial charge in [0.2, 0.25) is 0 Å². The first-order chi connectivity index (χ1) is 8.83. The normalized spacial score (nSPS) is 41.5. The van der Waals surface area contributed by atoms with Gasteiger partial charge in [-0.15, -0.1) is 10.2 Å². The Labute approximate surface area is 107 Å². The fourth-order valence-electron chi connectivity index (χ4n) is 4.88. The van der Waals surface area contributed by atoms with Crippen LogP contribution in [0.25, 0.3) is 0 Å². The molecule has 0 atom stereocenters. The molecule has 0 aliphatic heterocycles. The van der Waals surface area contributed by atoms with E-state index < -0.39 is 0 Å². The van der Waals surface area contributed by atoms with Crippen LogP contribution < -0.4 is 5.73 Å². The molecule has 0 unspecified atom stereocenters. The second-order valence-corrected chi connectivity index (χ2v) is 6.49. The van der Waals surface area contributed by atoms with Crippen LogP contribution in [0.3, 0.4) is 0 Å². The van der Waals surface area contributed by atoms with Crippen LogP contribution in [0.5, 0.6) is 0 Å².